The summed E-state index contributed by atoms with van der Waals surface area (Å²) < 4.78 is 19.5. The Morgan fingerprint density at radius 3 is 2.89 bits per heavy atom. The number of rotatable bonds is 4. The number of aromatic nitrogens is 2. The lowest BCUT2D eigenvalue weighted by atomic mass is 9.87. The number of hydrogen-bond donors (Lipinski definition) is 0. The van der Waals surface area contributed by atoms with Crippen molar-refractivity contribution in [3.63, 3.8) is 0 Å². The van der Waals surface area contributed by atoms with E-state index in [0.717, 1.165) is 25.8 Å². The molecule has 0 aliphatic carbocycles. The number of likely N-dealkylation sites (tertiary alicyclic amines) is 1. The van der Waals surface area contributed by atoms with E-state index >= 15 is 0 Å². The van der Waals surface area contributed by atoms with Crippen molar-refractivity contribution in [1.82, 2.24) is 19.8 Å². The van der Waals surface area contributed by atoms with Crippen LogP contribution < -0.4 is 0 Å². The van der Waals surface area contributed by atoms with Gasteiger partial charge in [0.25, 0.3) is 5.91 Å². The van der Waals surface area contributed by atoms with Crippen LogP contribution in [0.2, 0.25) is 0 Å². The van der Waals surface area contributed by atoms with Gasteiger partial charge in [-0.25, -0.2) is 4.98 Å². The largest absolute Gasteiger partial charge is 0.373 e. The summed E-state index contributed by atoms with van der Waals surface area (Å²) in [7, 11) is 2.12. The van der Waals surface area contributed by atoms with Gasteiger partial charge in [0.1, 0.15) is 0 Å². The van der Waals surface area contributed by atoms with Gasteiger partial charge in [0.2, 0.25) is 5.95 Å². The SMILES string of the molecule is CN(Cc1cccnc1)C1COC2(CCN(C(=O)c3ccnc(F)c3)CC2)C1. The van der Waals surface area contributed by atoms with Gasteiger partial charge in [0.15, 0.2) is 0 Å². The molecule has 0 aromatic carbocycles. The van der Waals surface area contributed by atoms with Crippen LogP contribution in [-0.2, 0) is 11.3 Å². The fraction of sp³-hybridized carbons (Fsp3) is 0.476. The average Bonchev–Trinajstić information content (AvgIpc) is 3.13. The van der Waals surface area contributed by atoms with Crippen LogP contribution in [0, 0.1) is 5.95 Å². The highest BCUT2D eigenvalue weighted by atomic mass is 19.1. The summed E-state index contributed by atoms with van der Waals surface area (Å²) in [6, 6.07) is 7.16. The van der Waals surface area contributed by atoms with Crippen LogP contribution >= 0.6 is 0 Å². The summed E-state index contributed by atoms with van der Waals surface area (Å²) in [4.78, 5) is 24.4. The Balaban J connectivity index is 1.32. The highest BCUT2D eigenvalue weighted by Crippen LogP contribution is 2.38. The van der Waals surface area contributed by atoms with Crippen LogP contribution in [0.4, 0.5) is 4.39 Å². The Bertz CT molecular complexity index is 824. The van der Waals surface area contributed by atoms with Crippen LogP contribution in [0.1, 0.15) is 35.2 Å². The number of pyridine rings is 2. The lowest BCUT2D eigenvalue weighted by Gasteiger charge is -2.39. The Morgan fingerprint density at radius 1 is 1.36 bits per heavy atom. The number of halogens is 1. The van der Waals surface area contributed by atoms with Gasteiger partial charge in [-0.05, 0) is 44.0 Å². The van der Waals surface area contributed by atoms with E-state index in [4.69, 9.17) is 4.74 Å². The van der Waals surface area contributed by atoms with Crippen molar-refractivity contribution in [3.8, 4) is 0 Å². The van der Waals surface area contributed by atoms with E-state index in [2.05, 4.69) is 28.0 Å². The molecule has 1 amide bonds. The zero-order chi connectivity index (χ0) is 19.6. The maximum Gasteiger partial charge on any atom is 0.254 e. The standard InChI is InChI=1S/C21H25FN4O2/c1-25(14-16-3-2-7-23-13-16)18-12-21(28-15-18)5-9-26(10-6-21)20(27)17-4-8-24-19(22)11-17/h2-4,7-8,11,13,18H,5-6,9-10,12,14-15H2,1H3. The summed E-state index contributed by atoms with van der Waals surface area (Å²) in [6.07, 6.45) is 7.60. The van der Waals surface area contributed by atoms with E-state index in [0.29, 0.717) is 31.3 Å². The molecule has 28 heavy (non-hydrogen) atoms. The molecule has 148 valence electrons. The van der Waals surface area contributed by atoms with Crippen molar-refractivity contribution in [2.75, 3.05) is 26.7 Å². The van der Waals surface area contributed by atoms with Crippen molar-refractivity contribution in [3.05, 3.63) is 59.9 Å². The summed E-state index contributed by atoms with van der Waals surface area (Å²) in [5, 5.41) is 0. The van der Waals surface area contributed by atoms with E-state index in [-0.39, 0.29) is 11.5 Å². The van der Waals surface area contributed by atoms with Gasteiger partial charge in [0, 0.05) is 55.9 Å². The van der Waals surface area contributed by atoms with Gasteiger partial charge < -0.3 is 9.64 Å². The molecule has 6 nitrogen and oxygen atoms in total. The molecule has 4 heterocycles. The lowest BCUT2D eigenvalue weighted by molar-refractivity contribution is -0.0393. The first-order valence-electron chi connectivity index (χ1n) is 9.69. The Labute approximate surface area is 164 Å². The van der Waals surface area contributed by atoms with Gasteiger partial charge >= 0.3 is 0 Å². The number of piperidine rings is 1. The van der Waals surface area contributed by atoms with E-state index in [9.17, 15) is 9.18 Å². The van der Waals surface area contributed by atoms with Crippen molar-refractivity contribution in [1.29, 1.82) is 0 Å². The first-order chi connectivity index (χ1) is 13.5. The van der Waals surface area contributed by atoms with Crippen molar-refractivity contribution in [2.24, 2.45) is 0 Å². The minimum Gasteiger partial charge on any atom is -0.373 e. The Hall–Kier alpha value is -2.38. The highest BCUT2D eigenvalue weighted by molar-refractivity contribution is 5.94. The minimum absolute atomic E-state index is 0.139. The number of likely N-dealkylation sites (N-methyl/N-ethyl adjacent to an activating group) is 1. The van der Waals surface area contributed by atoms with E-state index in [1.165, 1.54) is 17.8 Å². The fourth-order valence-electron chi connectivity index (χ4n) is 4.20. The summed E-state index contributed by atoms with van der Waals surface area (Å²) in [5.41, 5.74) is 1.38. The normalized spacial score (nSPS) is 21.4. The van der Waals surface area contributed by atoms with Gasteiger partial charge in [-0.3, -0.25) is 14.7 Å². The zero-order valence-corrected chi connectivity index (χ0v) is 16.1. The predicted octanol–water partition coefficient (Wildman–Crippen LogP) is 2.51. The van der Waals surface area contributed by atoms with Crippen LogP contribution in [-0.4, -0.2) is 64.1 Å². The van der Waals surface area contributed by atoms with Crippen molar-refractivity contribution >= 4 is 5.91 Å². The predicted molar refractivity (Wildman–Crippen MR) is 102 cm³/mol. The van der Waals surface area contributed by atoms with E-state index < -0.39 is 5.95 Å². The number of nitrogens with zero attached hydrogens (tertiary/aromatic N) is 4. The average molecular weight is 384 g/mol. The third kappa shape index (κ3) is 4.05. The number of ether oxygens (including phenoxy) is 1. The fourth-order valence-corrected chi connectivity index (χ4v) is 4.20. The summed E-state index contributed by atoms with van der Waals surface area (Å²) in [5.74, 6) is -0.766. The number of hydrogen-bond acceptors (Lipinski definition) is 5. The summed E-state index contributed by atoms with van der Waals surface area (Å²) >= 11 is 0. The molecule has 1 atom stereocenters. The molecule has 2 aliphatic rings. The summed E-state index contributed by atoms with van der Waals surface area (Å²) in [6.45, 7) is 2.81. The molecule has 2 aromatic heterocycles. The molecule has 4 rings (SSSR count). The highest BCUT2D eigenvalue weighted by Gasteiger charge is 2.44. The first kappa shape index (κ1) is 19.0. The van der Waals surface area contributed by atoms with E-state index in [1.54, 1.807) is 17.2 Å². The maximum absolute atomic E-state index is 13.3. The number of amides is 1. The smallest absolute Gasteiger partial charge is 0.254 e. The molecule has 2 aliphatic heterocycles. The van der Waals surface area contributed by atoms with Gasteiger partial charge in [-0.15, -0.1) is 0 Å². The van der Waals surface area contributed by atoms with Crippen LogP contribution in [0.5, 0.6) is 0 Å². The van der Waals surface area contributed by atoms with Crippen LogP contribution in [0.15, 0.2) is 42.9 Å². The van der Waals surface area contributed by atoms with Crippen molar-refractivity contribution in [2.45, 2.75) is 37.5 Å². The maximum atomic E-state index is 13.3. The van der Waals surface area contributed by atoms with Crippen LogP contribution in [0.3, 0.4) is 0 Å². The molecule has 2 fully saturated rings. The molecule has 1 unspecified atom stereocenters. The monoisotopic (exact) mass is 384 g/mol. The number of carbonyl (C=O) groups is 1. The second-order valence-corrected chi connectivity index (χ2v) is 7.79. The van der Waals surface area contributed by atoms with Crippen LogP contribution in [0.25, 0.3) is 0 Å². The molecule has 0 saturated carbocycles. The molecule has 0 radical (unpaired) electrons. The molecular weight excluding hydrogens is 359 g/mol. The van der Waals surface area contributed by atoms with E-state index in [1.807, 2.05) is 12.3 Å². The molecular formula is C21H25FN4O2. The Kier molecular flexibility index (Phi) is 5.37. The molecule has 7 heteroatoms. The first-order valence-corrected chi connectivity index (χ1v) is 9.69. The molecule has 2 aromatic rings. The Morgan fingerprint density at radius 2 is 2.18 bits per heavy atom. The zero-order valence-electron chi connectivity index (χ0n) is 16.1. The van der Waals surface area contributed by atoms with Gasteiger partial charge in [-0.1, -0.05) is 6.07 Å². The molecule has 1 spiro atoms. The second-order valence-electron chi connectivity index (χ2n) is 7.79. The number of carbonyl (C=O) groups excluding carboxylic acids is 1. The van der Waals surface area contributed by atoms with Crippen molar-refractivity contribution < 1.29 is 13.9 Å². The lowest BCUT2D eigenvalue weighted by Crippen LogP contribution is -2.47. The third-order valence-electron chi connectivity index (χ3n) is 5.90. The minimum atomic E-state index is -0.627. The van der Waals surface area contributed by atoms with Gasteiger partial charge in [-0.2, -0.15) is 4.39 Å². The quantitative estimate of drug-likeness (QED) is 0.758. The third-order valence-corrected chi connectivity index (χ3v) is 5.90. The van der Waals surface area contributed by atoms with Gasteiger partial charge in [0.05, 0.1) is 12.2 Å². The second kappa shape index (κ2) is 7.93. The molecule has 2 saturated heterocycles. The molecule has 0 bridgehead atoms. The topological polar surface area (TPSA) is 58.6 Å². The molecule has 0 N–H and O–H groups in total.